The highest BCUT2D eigenvalue weighted by Gasteiger charge is 2.32. The van der Waals surface area contributed by atoms with E-state index in [-0.39, 0.29) is 5.91 Å². The van der Waals surface area contributed by atoms with Gasteiger partial charge in [-0.2, -0.15) is 4.99 Å². The number of amidine groups is 2. The molecular formula is C11H9N3OS. The van der Waals surface area contributed by atoms with Gasteiger partial charge < -0.3 is 0 Å². The number of aliphatic imine (C=N–C) groups is 2. The standard InChI is InChI=1S/C11H9N3OS/c1-16-11-12-8-5-3-2-4-7(8)10-13-9(15)6-14(10)11/h2-5H,6H2,1H3. The van der Waals surface area contributed by atoms with Crippen LogP contribution in [0.5, 0.6) is 0 Å². The van der Waals surface area contributed by atoms with Crippen molar-refractivity contribution >= 4 is 34.4 Å². The number of hydrogen-bond donors (Lipinski definition) is 0. The Hall–Kier alpha value is -1.62. The number of para-hydroxylation sites is 1. The summed E-state index contributed by atoms with van der Waals surface area (Å²) in [6, 6.07) is 7.75. The monoisotopic (exact) mass is 231 g/mol. The van der Waals surface area contributed by atoms with Crippen LogP contribution in [0.25, 0.3) is 0 Å². The van der Waals surface area contributed by atoms with Crippen LogP contribution in [-0.2, 0) is 4.79 Å². The van der Waals surface area contributed by atoms with Crippen LogP contribution in [-0.4, -0.2) is 34.6 Å². The van der Waals surface area contributed by atoms with Crippen molar-refractivity contribution < 1.29 is 4.79 Å². The van der Waals surface area contributed by atoms with E-state index in [9.17, 15) is 4.79 Å². The Morgan fingerprint density at radius 2 is 2.12 bits per heavy atom. The summed E-state index contributed by atoms with van der Waals surface area (Å²) in [5.74, 6) is 0.633. The molecule has 16 heavy (non-hydrogen) atoms. The van der Waals surface area contributed by atoms with Gasteiger partial charge in [-0.1, -0.05) is 23.9 Å². The summed E-state index contributed by atoms with van der Waals surface area (Å²) < 4.78 is 0. The van der Waals surface area contributed by atoms with Crippen LogP contribution in [0, 0.1) is 0 Å². The first-order chi connectivity index (χ1) is 7.79. The summed E-state index contributed by atoms with van der Waals surface area (Å²) in [6.07, 6.45) is 1.95. The molecule has 0 bridgehead atoms. The molecule has 0 unspecified atom stereocenters. The summed E-state index contributed by atoms with van der Waals surface area (Å²) >= 11 is 1.53. The molecule has 0 aromatic heterocycles. The minimum atomic E-state index is -0.103. The van der Waals surface area contributed by atoms with Crippen molar-refractivity contribution in [3.05, 3.63) is 29.8 Å². The molecule has 2 aliphatic rings. The molecule has 0 spiro atoms. The topological polar surface area (TPSA) is 45.0 Å². The van der Waals surface area contributed by atoms with Crippen molar-refractivity contribution in [2.45, 2.75) is 0 Å². The molecule has 0 saturated heterocycles. The van der Waals surface area contributed by atoms with Crippen molar-refractivity contribution in [2.75, 3.05) is 12.8 Å². The second-order valence-electron chi connectivity index (χ2n) is 3.53. The average Bonchev–Trinajstić information content (AvgIpc) is 2.69. The molecule has 1 aromatic rings. The van der Waals surface area contributed by atoms with Gasteiger partial charge in [-0.15, -0.1) is 0 Å². The van der Waals surface area contributed by atoms with Crippen molar-refractivity contribution in [3.8, 4) is 0 Å². The third kappa shape index (κ3) is 1.28. The molecular weight excluding hydrogens is 222 g/mol. The summed E-state index contributed by atoms with van der Waals surface area (Å²) in [5.41, 5.74) is 1.82. The van der Waals surface area contributed by atoms with Gasteiger partial charge in [0.05, 0.1) is 5.69 Å². The molecule has 2 heterocycles. The van der Waals surface area contributed by atoms with Crippen molar-refractivity contribution in [1.82, 2.24) is 4.90 Å². The van der Waals surface area contributed by atoms with Gasteiger partial charge in [-0.25, -0.2) is 4.99 Å². The van der Waals surface area contributed by atoms with E-state index < -0.39 is 0 Å². The largest absolute Gasteiger partial charge is 0.295 e. The Morgan fingerprint density at radius 3 is 2.94 bits per heavy atom. The molecule has 2 aliphatic heterocycles. The van der Waals surface area contributed by atoms with E-state index in [0.717, 1.165) is 22.3 Å². The first-order valence-corrected chi connectivity index (χ1v) is 6.13. The molecule has 0 saturated carbocycles. The Kier molecular flexibility index (Phi) is 2.07. The van der Waals surface area contributed by atoms with E-state index in [1.165, 1.54) is 11.8 Å². The third-order valence-electron chi connectivity index (χ3n) is 2.55. The van der Waals surface area contributed by atoms with Gasteiger partial charge in [-0.05, 0) is 18.4 Å². The van der Waals surface area contributed by atoms with Gasteiger partial charge in [0.1, 0.15) is 12.4 Å². The van der Waals surface area contributed by atoms with Crippen LogP contribution >= 0.6 is 11.8 Å². The molecule has 0 N–H and O–H groups in total. The highest BCUT2D eigenvalue weighted by atomic mass is 32.2. The predicted molar refractivity (Wildman–Crippen MR) is 65.3 cm³/mol. The lowest BCUT2D eigenvalue weighted by atomic mass is 10.1. The fraction of sp³-hybridized carbons (Fsp3) is 0.182. The number of carbonyl (C=O) groups is 1. The predicted octanol–water partition coefficient (Wildman–Crippen LogP) is 1.64. The smallest absolute Gasteiger partial charge is 0.267 e. The second-order valence-corrected chi connectivity index (χ2v) is 4.30. The van der Waals surface area contributed by atoms with Crippen molar-refractivity contribution in [3.63, 3.8) is 0 Å². The molecule has 5 heteroatoms. The quantitative estimate of drug-likeness (QED) is 0.682. The SMILES string of the molecule is CSC1=Nc2ccccc2C2=NC(=O)CN12. The fourth-order valence-corrected chi connectivity index (χ4v) is 2.43. The van der Waals surface area contributed by atoms with Gasteiger partial charge in [0.15, 0.2) is 5.17 Å². The number of thioether (sulfide) groups is 1. The minimum absolute atomic E-state index is 0.103. The molecule has 3 rings (SSSR count). The van der Waals surface area contributed by atoms with E-state index in [2.05, 4.69) is 9.98 Å². The van der Waals surface area contributed by atoms with Gasteiger partial charge in [-0.3, -0.25) is 9.69 Å². The highest BCUT2D eigenvalue weighted by Crippen LogP contribution is 2.30. The van der Waals surface area contributed by atoms with E-state index in [0.29, 0.717) is 6.54 Å². The first kappa shape index (κ1) is 9.59. The zero-order valence-electron chi connectivity index (χ0n) is 8.67. The zero-order chi connectivity index (χ0) is 11.1. The Bertz CT molecular complexity index is 536. The molecule has 0 radical (unpaired) electrons. The van der Waals surface area contributed by atoms with Gasteiger partial charge in [0, 0.05) is 5.56 Å². The number of amides is 1. The molecule has 0 atom stereocenters. The lowest BCUT2D eigenvalue weighted by molar-refractivity contribution is -0.116. The van der Waals surface area contributed by atoms with E-state index in [1.54, 1.807) is 0 Å². The van der Waals surface area contributed by atoms with Crippen LogP contribution < -0.4 is 0 Å². The molecule has 0 aliphatic carbocycles. The van der Waals surface area contributed by atoms with Crippen molar-refractivity contribution in [1.29, 1.82) is 0 Å². The number of nitrogens with zero attached hydrogens (tertiary/aromatic N) is 3. The van der Waals surface area contributed by atoms with Crippen LogP contribution in [0.3, 0.4) is 0 Å². The third-order valence-corrected chi connectivity index (χ3v) is 3.23. The number of fused-ring (bicyclic) bond motifs is 3. The maximum atomic E-state index is 11.4. The van der Waals surface area contributed by atoms with Crippen molar-refractivity contribution in [2.24, 2.45) is 9.98 Å². The minimum Gasteiger partial charge on any atom is -0.295 e. The van der Waals surface area contributed by atoms with Crippen LogP contribution in [0.2, 0.25) is 0 Å². The molecule has 0 fully saturated rings. The normalized spacial score (nSPS) is 17.8. The Labute approximate surface area is 97.1 Å². The lowest BCUT2D eigenvalue weighted by Gasteiger charge is -2.25. The van der Waals surface area contributed by atoms with Gasteiger partial charge >= 0.3 is 0 Å². The number of rotatable bonds is 0. The number of hydrogen-bond acceptors (Lipinski definition) is 4. The first-order valence-electron chi connectivity index (χ1n) is 4.91. The highest BCUT2D eigenvalue weighted by molar-refractivity contribution is 8.13. The molecule has 1 amide bonds. The summed E-state index contributed by atoms with van der Waals surface area (Å²) in [6.45, 7) is 0.309. The maximum absolute atomic E-state index is 11.4. The Morgan fingerprint density at radius 1 is 1.31 bits per heavy atom. The lowest BCUT2D eigenvalue weighted by Crippen LogP contribution is -2.35. The van der Waals surface area contributed by atoms with Crippen LogP contribution in [0.15, 0.2) is 34.3 Å². The zero-order valence-corrected chi connectivity index (χ0v) is 9.49. The Balaban J connectivity index is 2.23. The maximum Gasteiger partial charge on any atom is 0.267 e. The fourth-order valence-electron chi connectivity index (χ4n) is 1.87. The van der Waals surface area contributed by atoms with E-state index in [4.69, 9.17) is 0 Å². The second kappa shape index (κ2) is 3.45. The number of carbonyl (C=O) groups excluding carboxylic acids is 1. The van der Waals surface area contributed by atoms with Crippen LogP contribution in [0.4, 0.5) is 5.69 Å². The molecule has 80 valence electrons. The average molecular weight is 231 g/mol. The van der Waals surface area contributed by atoms with E-state index in [1.807, 2.05) is 35.4 Å². The van der Waals surface area contributed by atoms with Crippen LogP contribution in [0.1, 0.15) is 5.56 Å². The summed E-state index contributed by atoms with van der Waals surface area (Å²) in [4.78, 5) is 21.8. The molecule has 4 nitrogen and oxygen atoms in total. The van der Waals surface area contributed by atoms with E-state index >= 15 is 0 Å². The van der Waals surface area contributed by atoms with Gasteiger partial charge in [0.2, 0.25) is 0 Å². The summed E-state index contributed by atoms with van der Waals surface area (Å²) in [7, 11) is 0. The number of benzene rings is 1. The molecule has 1 aromatic carbocycles. The van der Waals surface area contributed by atoms with Gasteiger partial charge in [0.25, 0.3) is 5.91 Å². The summed E-state index contributed by atoms with van der Waals surface area (Å²) in [5, 5.41) is 0.836.